The van der Waals surface area contributed by atoms with E-state index in [1.807, 2.05) is 6.92 Å². The zero-order valence-corrected chi connectivity index (χ0v) is 16.5. The standard InChI is InChI=1S/C16H26N4O3.HI/c1-2-17-16(19-12-10-11-6-7-13(12)23-11)18-8-9-20-14(21)4-3-5-15(20)22;/h11-13H,2-10H2,1H3,(H2,17,18,19);1H. The van der Waals surface area contributed by atoms with E-state index in [0.29, 0.717) is 44.5 Å². The third kappa shape index (κ3) is 4.59. The summed E-state index contributed by atoms with van der Waals surface area (Å²) in [6.07, 6.45) is 5.59. The van der Waals surface area contributed by atoms with Crippen LogP contribution < -0.4 is 10.6 Å². The lowest BCUT2D eigenvalue weighted by Crippen LogP contribution is -2.48. The minimum atomic E-state index is -0.0732. The summed E-state index contributed by atoms with van der Waals surface area (Å²) >= 11 is 0. The van der Waals surface area contributed by atoms with Crippen LogP contribution in [0.1, 0.15) is 45.4 Å². The average Bonchev–Trinajstić information content (AvgIpc) is 3.13. The van der Waals surface area contributed by atoms with Crippen molar-refractivity contribution in [2.75, 3.05) is 19.6 Å². The minimum Gasteiger partial charge on any atom is -0.373 e. The summed E-state index contributed by atoms with van der Waals surface area (Å²) in [6, 6.07) is 0.310. The van der Waals surface area contributed by atoms with Gasteiger partial charge in [-0.1, -0.05) is 0 Å². The van der Waals surface area contributed by atoms with Crippen LogP contribution in [0.2, 0.25) is 0 Å². The lowest BCUT2D eigenvalue weighted by Gasteiger charge is -2.25. The fourth-order valence-corrected chi connectivity index (χ4v) is 3.60. The summed E-state index contributed by atoms with van der Waals surface area (Å²) < 4.78 is 5.85. The van der Waals surface area contributed by atoms with Crippen molar-refractivity contribution >= 4 is 41.8 Å². The number of likely N-dealkylation sites (tertiary alicyclic amines) is 1. The Kier molecular flexibility index (Phi) is 7.27. The van der Waals surface area contributed by atoms with Crippen molar-refractivity contribution in [3.8, 4) is 0 Å². The Morgan fingerprint density at radius 1 is 1.29 bits per heavy atom. The summed E-state index contributed by atoms with van der Waals surface area (Å²) in [4.78, 5) is 29.4. The molecule has 8 heteroatoms. The van der Waals surface area contributed by atoms with Gasteiger partial charge in [0.2, 0.25) is 11.8 Å². The van der Waals surface area contributed by atoms with Gasteiger partial charge in [0.15, 0.2) is 5.96 Å². The zero-order chi connectivity index (χ0) is 16.2. The highest BCUT2D eigenvalue weighted by molar-refractivity contribution is 14.0. The molecule has 3 atom stereocenters. The van der Waals surface area contributed by atoms with Crippen molar-refractivity contribution in [2.45, 2.75) is 63.7 Å². The third-order valence-electron chi connectivity index (χ3n) is 4.75. The van der Waals surface area contributed by atoms with Crippen molar-refractivity contribution in [3.63, 3.8) is 0 Å². The van der Waals surface area contributed by atoms with Crippen LogP contribution in [-0.2, 0) is 14.3 Å². The number of fused-ring (bicyclic) bond motifs is 2. The number of halogens is 1. The number of carbonyl (C=O) groups excluding carboxylic acids is 2. The molecule has 24 heavy (non-hydrogen) atoms. The maximum absolute atomic E-state index is 11.8. The Morgan fingerprint density at radius 2 is 2.04 bits per heavy atom. The maximum Gasteiger partial charge on any atom is 0.229 e. The number of nitrogens with one attached hydrogen (secondary N) is 2. The Hall–Kier alpha value is -0.900. The van der Waals surface area contributed by atoms with Gasteiger partial charge < -0.3 is 15.4 Å². The molecule has 0 aromatic carbocycles. The van der Waals surface area contributed by atoms with Gasteiger partial charge in [-0.25, -0.2) is 0 Å². The topological polar surface area (TPSA) is 83.0 Å². The summed E-state index contributed by atoms with van der Waals surface area (Å²) in [6.45, 7) is 3.58. The maximum atomic E-state index is 11.8. The first-order valence-corrected chi connectivity index (χ1v) is 8.71. The zero-order valence-electron chi connectivity index (χ0n) is 14.1. The molecule has 3 aliphatic rings. The second-order valence-corrected chi connectivity index (χ2v) is 6.41. The Morgan fingerprint density at radius 3 is 2.62 bits per heavy atom. The smallest absolute Gasteiger partial charge is 0.229 e. The van der Waals surface area contributed by atoms with Crippen LogP contribution in [0.3, 0.4) is 0 Å². The van der Waals surface area contributed by atoms with Gasteiger partial charge in [-0.15, -0.1) is 24.0 Å². The molecule has 0 saturated carbocycles. The molecular formula is C16H27IN4O3. The van der Waals surface area contributed by atoms with E-state index >= 15 is 0 Å². The summed E-state index contributed by atoms with van der Waals surface area (Å²) in [5.41, 5.74) is 0. The molecule has 2 amide bonds. The Bertz CT molecular complexity index is 484. The van der Waals surface area contributed by atoms with Crippen molar-refractivity contribution < 1.29 is 14.3 Å². The van der Waals surface area contributed by atoms with Gasteiger partial charge in [0.1, 0.15) is 0 Å². The van der Waals surface area contributed by atoms with Crippen LogP contribution in [0.5, 0.6) is 0 Å². The van der Waals surface area contributed by atoms with E-state index in [-0.39, 0.29) is 41.9 Å². The molecule has 3 fully saturated rings. The van der Waals surface area contributed by atoms with Crippen molar-refractivity contribution in [1.29, 1.82) is 0 Å². The van der Waals surface area contributed by atoms with E-state index in [1.54, 1.807) is 0 Å². The fourth-order valence-electron chi connectivity index (χ4n) is 3.60. The predicted molar refractivity (Wildman–Crippen MR) is 101 cm³/mol. The number of guanidine groups is 1. The Balaban J connectivity index is 0.00000208. The molecule has 3 rings (SSSR count). The van der Waals surface area contributed by atoms with Crippen LogP contribution in [0.15, 0.2) is 4.99 Å². The molecule has 3 aliphatic heterocycles. The molecule has 0 aromatic rings. The van der Waals surface area contributed by atoms with E-state index in [0.717, 1.165) is 31.8 Å². The quantitative estimate of drug-likeness (QED) is 0.283. The summed E-state index contributed by atoms with van der Waals surface area (Å²) in [5.74, 6) is 0.595. The van der Waals surface area contributed by atoms with Gasteiger partial charge in [-0.05, 0) is 32.6 Å². The first-order chi connectivity index (χ1) is 11.2. The highest BCUT2D eigenvalue weighted by Crippen LogP contribution is 2.34. The molecule has 0 radical (unpaired) electrons. The third-order valence-corrected chi connectivity index (χ3v) is 4.75. The number of piperidine rings is 1. The molecule has 7 nitrogen and oxygen atoms in total. The fraction of sp³-hybridized carbons (Fsp3) is 0.812. The van der Waals surface area contributed by atoms with Gasteiger partial charge in [-0.3, -0.25) is 19.5 Å². The van der Waals surface area contributed by atoms with Crippen LogP contribution in [0.25, 0.3) is 0 Å². The molecule has 3 heterocycles. The van der Waals surface area contributed by atoms with Crippen LogP contribution in [-0.4, -0.2) is 60.6 Å². The molecule has 3 unspecified atom stereocenters. The van der Waals surface area contributed by atoms with Crippen molar-refractivity contribution in [1.82, 2.24) is 15.5 Å². The van der Waals surface area contributed by atoms with Crippen LogP contribution >= 0.6 is 24.0 Å². The van der Waals surface area contributed by atoms with Gasteiger partial charge in [0, 0.05) is 25.9 Å². The first kappa shape index (κ1) is 19.4. The number of ether oxygens (including phenoxy) is 1. The number of rotatable bonds is 5. The van der Waals surface area contributed by atoms with Gasteiger partial charge in [0.05, 0.1) is 24.8 Å². The normalized spacial score (nSPS) is 29.6. The molecule has 136 valence electrons. The number of hydrogen-bond acceptors (Lipinski definition) is 4. The average molecular weight is 450 g/mol. The SMILES string of the molecule is CCNC(=NCCN1C(=O)CCCC1=O)NC1CC2CCC1O2.I. The van der Waals surface area contributed by atoms with Crippen molar-refractivity contribution in [2.24, 2.45) is 4.99 Å². The number of hydrogen-bond donors (Lipinski definition) is 2. The molecule has 0 spiro atoms. The number of amides is 2. The van der Waals surface area contributed by atoms with E-state index in [2.05, 4.69) is 15.6 Å². The van der Waals surface area contributed by atoms with Gasteiger partial charge in [0.25, 0.3) is 0 Å². The number of imide groups is 1. The molecule has 0 aromatic heterocycles. The van der Waals surface area contributed by atoms with E-state index < -0.39 is 0 Å². The Labute approximate surface area is 160 Å². The molecule has 3 saturated heterocycles. The van der Waals surface area contributed by atoms with E-state index in [1.165, 1.54) is 4.90 Å². The summed E-state index contributed by atoms with van der Waals surface area (Å²) in [5, 5.41) is 6.66. The minimum absolute atomic E-state index is 0. The lowest BCUT2D eigenvalue weighted by molar-refractivity contribution is -0.147. The number of aliphatic imine (C=N–C) groups is 1. The number of nitrogens with zero attached hydrogens (tertiary/aromatic N) is 2. The molecule has 2 N–H and O–H groups in total. The van der Waals surface area contributed by atoms with Gasteiger partial charge >= 0.3 is 0 Å². The van der Waals surface area contributed by atoms with Crippen LogP contribution in [0, 0.1) is 0 Å². The summed E-state index contributed by atoms with van der Waals surface area (Å²) in [7, 11) is 0. The van der Waals surface area contributed by atoms with Crippen LogP contribution in [0.4, 0.5) is 0 Å². The lowest BCUT2D eigenvalue weighted by atomic mass is 9.96. The monoisotopic (exact) mass is 450 g/mol. The molecule has 2 bridgehead atoms. The van der Waals surface area contributed by atoms with Crippen molar-refractivity contribution in [3.05, 3.63) is 0 Å². The highest BCUT2D eigenvalue weighted by Gasteiger charge is 2.41. The van der Waals surface area contributed by atoms with E-state index in [9.17, 15) is 9.59 Å². The molecule has 0 aliphatic carbocycles. The highest BCUT2D eigenvalue weighted by atomic mass is 127. The second kappa shape index (κ2) is 8.98. The second-order valence-electron chi connectivity index (χ2n) is 6.41. The number of carbonyl (C=O) groups is 2. The molecular weight excluding hydrogens is 423 g/mol. The van der Waals surface area contributed by atoms with Gasteiger partial charge in [-0.2, -0.15) is 0 Å². The largest absolute Gasteiger partial charge is 0.373 e. The first-order valence-electron chi connectivity index (χ1n) is 8.71. The van der Waals surface area contributed by atoms with E-state index in [4.69, 9.17) is 4.74 Å². The predicted octanol–water partition coefficient (Wildman–Crippen LogP) is 1.02.